The molecule has 384 valence electrons. The summed E-state index contributed by atoms with van der Waals surface area (Å²) in [7, 11) is 5.57. The van der Waals surface area contributed by atoms with Crippen molar-refractivity contribution < 1.29 is 58.8 Å². The van der Waals surface area contributed by atoms with Gasteiger partial charge in [0, 0.05) is 92.6 Å². The first-order valence-corrected chi connectivity index (χ1v) is 23.3. The first-order valence-electron chi connectivity index (χ1n) is 23.3. The van der Waals surface area contributed by atoms with Crippen molar-refractivity contribution >= 4 is 47.3 Å². The lowest BCUT2D eigenvalue weighted by Gasteiger charge is -2.45. The lowest BCUT2D eigenvalue weighted by molar-refractivity contribution is 0.0474. The Hall–Kier alpha value is -8.24. The molecular weight excluding hydrogens is 933 g/mol. The van der Waals surface area contributed by atoms with E-state index in [0.717, 1.165) is 12.8 Å². The Morgan fingerprint density at radius 2 is 0.569 bits per heavy atom. The average molecular weight is 995 g/mol. The second-order valence-electron chi connectivity index (χ2n) is 16.6. The fourth-order valence-electron chi connectivity index (χ4n) is 8.64. The van der Waals surface area contributed by atoms with Gasteiger partial charge in [-0.1, -0.05) is 37.1 Å². The van der Waals surface area contributed by atoms with Crippen LogP contribution >= 0.6 is 0 Å². The number of benzene rings is 4. The monoisotopic (exact) mass is 994 g/mol. The summed E-state index contributed by atoms with van der Waals surface area (Å²) < 4.78 is 0. The van der Waals surface area contributed by atoms with E-state index in [1.165, 1.54) is 101 Å². The van der Waals surface area contributed by atoms with Gasteiger partial charge in [-0.15, -0.1) is 0 Å². The molecule has 1 fully saturated rings. The first kappa shape index (κ1) is 54.7. The molecule has 5 rings (SSSR count). The minimum atomic E-state index is -0.648. The second kappa shape index (κ2) is 26.1. The lowest BCUT2D eigenvalue weighted by Crippen LogP contribution is -2.57. The van der Waals surface area contributed by atoms with Crippen LogP contribution in [0.2, 0.25) is 0 Å². The van der Waals surface area contributed by atoms with Crippen LogP contribution in [0, 0.1) is 0 Å². The van der Waals surface area contributed by atoms with Gasteiger partial charge in [-0.2, -0.15) is 0 Å². The summed E-state index contributed by atoms with van der Waals surface area (Å²) in [5.74, 6) is -6.92. The molecule has 0 aliphatic heterocycles. The number of amides is 8. The van der Waals surface area contributed by atoms with Crippen molar-refractivity contribution in [2.45, 2.75) is 37.8 Å². The van der Waals surface area contributed by atoms with Gasteiger partial charge in [-0.25, -0.2) is 0 Å². The minimum absolute atomic E-state index is 0.0396. The zero-order valence-corrected chi connectivity index (χ0v) is 40.5. The van der Waals surface area contributed by atoms with E-state index in [1.54, 1.807) is 0 Å². The van der Waals surface area contributed by atoms with E-state index in [-0.39, 0.29) is 109 Å². The smallest absolute Gasteiger partial charge is 0.255 e. The molecule has 8 amide bonds. The van der Waals surface area contributed by atoms with Gasteiger partial charge < -0.3 is 63.0 Å². The molecule has 4 aromatic rings. The van der Waals surface area contributed by atoms with Gasteiger partial charge in [0.05, 0.1) is 44.5 Å². The summed E-state index contributed by atoms with van der Waals surface area (Å²) in [6.45, 7) is 0.989. The quantitative estimate of drug-likeness (QED) is 0.0521. The van der Waals surface area contributed by atoms with E-state index in [9.17, 15) is 58.8 Å². The lowest BCUT2D eigenvalue weighted by atomic mass is 9.87. The summed E-state index contributed by atoms with van der Waals surface area (Å²) in [6, 6.07) is 16.4. The molecule has 1 aliphatic rings. The Labute approximate surface area is 415 Å². The van der Waals surface area contributed by atoms with Gasteiger partial charge in [-0.05, 0) is 61.4 Å². The maximum Gasteiger partial charge on any atom is 0.255 e. The zero-order valence-electron chi connectivity index (χ0n) is 40.5. The standard InChI is InChI=1S/C50H62N10O12/c1-51-43(65)29-11-7-15-33(39(29)61)47(69)55-21-25-59(26-22-56-48(70)34-16-8-12-30(40(34)62)44(66)52-2)37-19-5-6-20-38(37)60(27-23-57-49(71)35-17-9-13-31(41(35)63)45(67)53-3)28-24-58-50(72)36-18-10-14-32(42(36)64)46(68)54-4/h7-18,37-38,61-64H,5-6,19-28H2,1-4H3,(H,51,65)(H,52,66)(H,53,67)(H,54,68)(H,55,69)(H,56,70)(H,57,71)(H,58,72)/t37-,38-/m0/s1. The first-order chi connectivity index (χ1) is 34.6. The number of rotatable bonds is 22. The summed E-state index contributed by atoms with van der Waals surface area (Å²) in [5.41, 5.74) is -0.844. The molecule has 4 aromatic carbocycles. The zero-order chi connectivity index (χ0) is 52.5. The Balaban J connectivity index is 1.42. The van der Waals surface area contributed by atoms with Crippen LogP contribution in [0.15, 0.2) is 72.8 Å². The second-order valence-corrected chi connectivity index (χ2v) is 16.6. The van der Waals surface area contributed by atoms with Crippen LogP contribution in [0.1, 0.15) is 109 Å². The fourth-order valence-corrected chi connectivity index (χ4v) is 8.64. The van der Waals surface area contributed by atoms with Crippen LogP contribution in [-0.4, -0.2) is 170 Å². The summed E-state index contributed by atoms with van der Waals surface area (Å²) in [6.07, 6.45) is 2.85. The highest BCUT2D eigenvalue weighted by Gasteiger charge is 2.35. The SMILES string of the molecule is CNC(=O)c1cccc(C(=O)NCCN(CCNC(=O)c2cccc(C(=O)NC)c2O)[C@H]2CCCC[C@@H]2N(CCNC(=O)c2cccc(C(=O)NC)c2O)CCNC(=O)c2cccc(C(=O)NC)c2O)c1O. The molecule has 2 atom stereocenters. The van der Waals surface area contributed by atoms with Crippen LogP contribution < -0.4 is 42.5 Å². The maximum atomic E-state index is 13.5. The number of para-hydroxylation sites is 4. The number of carbonyl (C=O) groups is 8. The number of nitrogens with zero attached hydrogens (tertiary/aromatic N) is 2. The van der Waals surface area contributed by atoms with Gasteiger partial charge in [0.2, 0.25) is 0 Å². The molecule has 72 heavy (non-hydrogen) atoms. The van der Waals surface area contributed by atoms with E-state index in [0.29, 0.717) is 12.8 Å². The van der Waals surface area contributed by atoms with E-state index in [1.807, 2.05) is 0 Å². The number of carbonyl (C=O) groups excluding carboxylic acids is 8. The van der Waals surface area contributed by atoms with Crippen molar-refractivity contribution in [1.82, 2.24) is 52.3 Å². The van der Waals surface area contributed by atoms with Gasteiger partial charge in [-0.3, -0.25) is 48.2 Å². The molecule has 22 heteroatoms. The summed E-state index contributed by atoms with van der Waals surface area (Å²) in [5, 5.41) is 64.4. The van der Waals surface area contributed by atoms with E-state index >= 15 is 0 Å². The molecule has 1 aliphatic carbocycles. The third-order valence-electron chi connectivity index (χ3n) is 12.4. The van der Waals surface area contributed by atoms with Crippen LogP contribution in [0.25, 0.3) is 0 Å². The van der Waals surface area contributed by atoms with E-state index in [2.05, 4.69) is 52.3 Å². The van der Waals surface area contributed by atoms with E-state index in [4.69, 9.17) is 0 Å². The van der Waals surface area contributed by atoms with Crippen molar-refractivity contribution in [2.75, 3.05) is 80.5 Å². The largest absolute Gasteiger partial charge is 0.506 e. The normalized spacial score (nSPS) is 14.1. The van der Waals surface area contributed by atoms with Crippen LogP contribution in [-0.2, 0) is 0 Å². The Kier molecular flexibility index (Phi) is 19.8. The van der Waals surface area contributed by atoms with Crippen LogP contribution in [0.4, 0.5) is 0 Å². The van der Waals surface area contributed by atoms with Gasteiger partial charge >= 0.3 is 0 Å². The average Bonchev–Trinajstić information content (AvgIpc) is 3.39. The molecule has 0 bridgehead atoms. The highest BCUT2D eigenvalue weighted by atomic mass is 16.3. The molecule has 0 radical (unpaired) electrons. The predicted molar refractivity (Wildman–Crippen MR) is 265 cm³/mol. The number of hydrogen-bond acceptors (Lipinski definition) is 14. The van der Waals surface area contributed by atoms with Gasteiger partial charge in [0.15, 0.2) is 0 Å². The Morgan fingerprint density at radius 3 is 0.764 bits per heavy atom. The van der Waals surface area contributed by atoms with Crippen molar-refractivity contribution in [3.05, 3.63) is 117 Å². The fraction of sp³-hybridized carbons (Fsp3) is 0.360. The molecule has 22 nitrogen and oxygen atoms in total. The molecule has 1 saturated carbocycles. The minimum Gasteiger partial charge on any atom is -0.506 e. The van der Waals surface area contributed by atoms with Crippen molar-refractivity contribution in [3.63, 3.8) is 0 Å². The van der Waals surface area contributed by atoms with E-state index < -0.39 is 70.3 Å². The van der Waals surface area contributed by atoms with Crippen molar-refractivity contribution in [2.24, 2.45) is 0 Å². The molecule has 0 unspecified atom stereocenters. The Bertz CT molecular complexity index is 2320. The number of hydrogen-bond donors (Lipinski definition) is 12. The van der Waals surface area contributed by atoms with Crippen molar-refractivity contribution in [3.8, 4) is 23.0 Å². The highest BCUT2D eigenvalue weighted by Crippen LogP contribution is 2.29. The highest BCUT2D eigenvalue weighted by molar-refractivity contribution is 6.06. The molecular formula is C50H62N10O12. The third-order valence-corrected chi connectivity index (χ3v) is 12.4. The summed E-state index contributed by atoms with van der Waals surface area (Å²) >= 11 is 0. The third kappa shape index (κ3) is 13.3. The molecule has 0 saturated heterocycles. The van der Waals surface area contributed by atoms with Gasteiger partial charge in [0.1, 0.15) is 23.0 Å². The van der Waals surface area contributed by atoms with Crippen LogP contribution in [0.3, 0.4) is 0 Å². The van der Waals surface area contributed by atoms with Crippen LogP contribution in [0.5, 0.6) is 23.0 Å². The number of aromatic hydroxyl groups is 4. The topological polar surface area (TPSA) is 320 Å². The molecule has 0 spiro atoms. The maximum absolute atomic E-state index is 13.5. The number of phenolic OH excluding ortho intramolecular Hbond substituents is 4. The predicted octanol–water partition coefficient (Wildman–Crippen LogP) is 0.882. The number of nitrogens with one attached hydrogen (secondary N) is 8. The Morgan fingerprint density at radius 1 is 0.375 bits per heavy atom. The summed E-state index contributed by atoms with van der Waals surface area (Å²) in [4.78, 5) is 108. The number of phenols is 4. The molecule has 0 aromatic heterocycles. The van der Waals surface area contributed by atoms with Gasteiger partial charge in [0.25, 0.3) is 47.3 Å². The molecule has 12 N–H and O–H groups in total. The molecule has 0 heterocycles. The van der Waals surface area contributed by atoms with Crippen molar-refractivity contribution in [1.29, 1.82) is 0 Å².